The SMILES string of the molecule is CCOC(=O)CSc1nnc(Br)n1C1=C[C@@H](C)C(C2CC2)c2ccccc21. The van der Waals surface area contributed by atoms with Crippen LogP contribution in [0.2, 0.25) is 0 Å². The first-order valence-electron chi connectivity index (χ1n) is 9.31. The van der Waals surface area contributed by atoms with Crippen LogP contribution < -0.4 is 0 Å². The largest absolute Gasteiger partial charge is 0.465 e. The second-order valence-corrected chi connectivity index (χ2v) is 8.69. The molecule has 1 saturated carbocycles. The minimum absolute atomic E-state index is 0.216. The summed E-state index contributed by atoms with van der Waals surface area (Å²) in [6.07, 6.45) is 4.97. The maximum atomic E-state index is 11.8. The Morgan fingerprint density at radius 1 is 1.33 bits per heavy atom. The quantitative estimate of drug-likeness (QED) is 0.473. The van der Waals surface area contributed by atoms with Crippen LogP contribution in [-0.2, 0) is 9.53 Å². The Labute approximate surface area is 171 Å². The van der Waals surface area contributed by atoms with Gasteiger partial charge in [-0.2, -0.15) is 0 Å². The van der Waals surface area contributed by atoms with Crippen molar-refractivity contribution < 1.29 is 9.53 Å². The van der Waals surface area contributed by atoms with Crippen molar-refractivity contribution in [3.05, 3.63) is 46.2 Å². The van der Waals surface area contributed by atoms with Gasteiger partial charge >= 0.3 is 5.97 Å². The highest BCUT2D eigenvalue weighted by Crippen LogP contribution is 2.51. The fourth-order valence-electron chi connectivity index (χ4n) is 3.95. The van der Waals surface area contributed by atoms with Crippen LogP contribution in [0.1, 0.15) is 43.7 Å². The van der Waals surface area contributed by atoms with E-state index < -0.39 is 0 Å². The first kappa shape index (κ1) is 18.7. The van der Waals surface area contributed by atoms with E-state index in [0.717, 1.165) is 11.6 Å². The average molecular weight is 448 g/mol. The van der Waals surface area contributed by atoms with E-state index >= 15 is 0 Å². The van der Waals surface area contributed by atoms with Gasteiger partial charge in [0.1, 0.15) is 0 Å². The summed E-state index contributed by atoms with van der Waals surface area (Å²) in [6, 6.07) is 8.64. The van der Waals surface area contributed by atoms with Crippen molar-refractivity contribution in [1.29, 1.82) is 0 Å². The number of esters is 1. The van der Waals surface area contributed by atoms with E-state index in [1.54, 1.807) is 0 Å². The van der Waals surface area contributed by atoms with Crippen molar-refractivity contribution in [3.63, 3.8) is 0 Å². The summed E-state index contributed by atoms with van der Waals surface area (Å²) < 4.78 is 7.68. The number of thioether (sulfide) groups is 1. The number of rotatable bonds is 6. The Morgan fingerprint density at radius 2 is 2.11 bits per heavy atom. The summed E-state index contributed by atoms with van der Waals surface area (Å²) >= 11 is 4.89. The molecule has 0 bridgehead atoms. The molecule has 0 N–H and O–H groups in total. The smallest absolute Gasteiger partial charge is 0.316 e. The van der Waals surface area contributed by atoms with Crippen LogP contribution in [0.3, 0.4) is 0 Å². The molecule has 2 aliphatic rings. The lowest BCUT2D eigenvalue weighted by Crippen LogP contribution is -2.20. The van der Waals surface area contributed by atoms with Gasteiger partial charge in [-0.1, -0.05) is 49.0 Å². The van der Waals surface area contributed by atoms with Gasteiger partial charge < -0.3 is 4.74 Å². The van der Waals surface area contributed by atoms with Crippen LogP contribution >= 0.6 is 27.7 Å². The zero-order valence-electron chi connectivity index (χ0n) is 15.4. The van der Waals surface area contributed by atoms with Crippen molar-refractivity contribution in [2.75, 3.05) is 12.4 Å². The Morgan fingerprint density at radius 3 is 2.85 bits per heavy atom. The Kier molecular flexibility index (Phi) is 5.41. The van der Waals surface area contributed by atoms with Gasteiger partial charge in [0.15, 0.2) is 5.16 Å². The normalized spacial score (nSPS) is 21.5. The van der Waals surface area contributed by atoms with Crippen molar-refractivity contribution >= 4 is 39.4 Å². The van der Waals surface area contributed by atoms with E-state index in [1.807, 2.05) is 11.5 Å². The summed E-state index contributed by atoms with van der Waals surface area (Å²) in [5, 5.41) is 9.15. The van der Waals surface area contributed by atoms with Crippen LogP contribution in [0.5, 0.6) is 0 Å². The van der Waals surface area contributed by atoms with E-state index in [0.29, 0.717) is 28.3 Å². The van der Waals surface area contributed by atoms with Crippen molar-refractivity contribution in [3.8, 4) is 0 Å². The first-order chi connectivity index (χ1) is 13.1. The zero-order chi connectivity index (χ0) is 19.0. The summed E-state index contributed by atoms with van der Waals surface area (Å²) in [6.45, 7) is 4.49. The molecule has 142 valence electrons. The summed E-state index contributed by atoms with van der Waals surface area (Å²) in [4.78, 5) is 11.8. The summed E-state index contributed by atoms with van der Waals surface area (Å²) in [5.41, 5.74) is 3.72. The maximum absolute atomic E-state index is 11.8. The van der Waals surface area contributed by atoms with E-state index in [9.17, 15) is 4.79 Å². The molecule has 1 aromatic heterocycles. The van der Waals surface area contributed by atoms with Gasteiger partial charge in [0.25, 0.3) is 0 Å². The van der Waals surface area contributed by atoms with Gasteiger partial charge in [-0.3, -0.25) is 9.36 Å². The van der Waals surface area contributed by atoms with Crippen LogP contribution in [0.4, 0.5) is 0 Å². The lowest BCUT2D eigenvalue weighted by molar-refractivity contribution is -0.139. The molecule has 1 unspecified atom stereocenters. The number of halogens is 1. The predicted octanol–water partition coefficient (Wildman–Crippen LogP) is 4.73. The Balaban J connectivity index is 1.70. The number of hydrogen-bond acceptors (Lipinski definition) is 5. The molecule has 0 spiro atoms. The van der Waals surface area contributed by atoms with E-state index in [1.165, 1.54) is 35.7 Å². The number of ether oxygens (including phenoxy) is 1. The number of hydrogen-bond donors (Lipinski definition) is 0. The maximum Gasteiger partial charge on any atom is 0.316 e. The molecule has 5 nitrogen and oxygen atoms in total. The van der Waals surface area contributed by atoms with Gasteiger partial charge in [-0.25, -0.2) is 0 Å². The van der Waals surface area contributed by atoms with E-state index in [2.05, 4.69) is 63.4 Å². The first-order valence-corrected chi connectivity index (χ1v) is 11.1. The number of nitrogens with zero attached hydrogens (tertiary/aromatic N) is 3. The molecule has 2 aliphatic carbocycles. The molecule has 1 aromatic carbocycles. The number of aromatic nitrogens is 3. The Hall–Kier alpha value is -1.60. The van der Waals surface area contributed by atoms with Crippen LogP contribution in [0, 0.1) is 11.8 Å². The van der Waals surface area contributed by atoms with Gasteiger partial charge in [0, 0.05) is 5.56 Å². The third-order valence-electron chi connectivity index (χ3n) is 5.17. The monoisotopic (exact) mass is 447 g/mol. The van der Waals surface area contributed by atoms with Crippen LogP contribution in [0.25, 0.3) is 5.70 Å². The third kappa shape index (κ3) is 3.72. The van der Waals surface area contributed by atoms with Crippen LogP contribution in [-0.4, -0.2) is 33.1 Å². The van der Waals surface area contributed by atoms with Crippen LogP contribution in [0.15, 0.2) is 40.2 Å². The fraction of sp³-hybridized carbons (Fsp3) is 0.450. The van der Waals surface area contributed by atoms with E-state index in [-0.39, 0.29) is 11.7 Å². The Bertz CT molecular complexity index is 891. The summed E-state index contributed by atoms with van der Waals surface area (Å²) in [5.74, 6) is 1.79. The number of allylic oxidation sites excluding steroid dienone is 1. The number of benzene rings is 1. The fourth-order valence-corrected chi connectivity index (χ4v) is 5.25. The van der Waals surface area contributed by atoms with Gasteiger partial charge in [0.2, 0.25) is 4.73 Å². The molecule has 0 saturated heterocycles. The number of fused-ring (bicyclic) bond motifs is 1. The minimum Gasteiger partial charge on any atom is -0.465 e. The molecule has 1 heterocycles. The zero-order valence-corrected chi connectivity index (χ0v) is 17.8. The lowest BCUT2D eigenvalue weighted by Gasteiger charge is -2.31. The molecule has 0 aliphatic heterocycles. The number of carbonyl (C=O) groups excluding carboxylic acids is 1. The highest BCUT2D eigenvalue weighted by atomic mass is 79.9. The third-order valence-corrected chi connectivity index (χ3v) is 6.59. The number of carbonyl (C=O) groups is 1. The highest BCUT2D eigenvalue weighted by molar-refractivity contribution is 9.10. The molecule has 1 fully saturated rings. The minimum atomic E-state index is -0.242. The predicted molar refractivity (Wildman–Crippen MR) is 110 cm³/mol. The van der Waals surface area contributed by atoms with E-state index in [4.69, 9.17) is 4.74 Å². The van der Waals surface area contributed by atoms with Gasteiger partial charge in [-0.05, 0) is 59.0 Å². The molecule has 0 amide bonds. The average Bonchev–Trinajstić information content (AvgIpc) is 3.42. The topological polar surface area (TPSA) is 57.0 Å². The molecule has 27 heavy (non-hydrogen) atoms. The molecule has 0 radical (unpaired) electrons. The van der Waals surface area contributed by atoms with Crippen molar-refractivity contribution in [2.24, 2.45) is 11.8 Å². The molecule has 2 aromatic rings. The molecular formula is C20H22BrN3O2S. The standard InChI is InChI=1S/C20H22BrN3O2S/c1-3-26-17(25)11-27-20-23-22-19(21)24(20)16-10-12(2)18(13-8-9-13)15-7-5-4-6-14(15)16/h4-7,10,12-13,18H,3,8-9,11H2,1-2H3/t12-,18?/m1/s1. The second-order valence-electron chi connectivity index (χ2n) is 7.04. The van der Waals surface area contributed by atoms with Gasteiger partial charge in [-0.15, -0.1) is 10.2 Å². The van der Waals surface area contributed by atoms with Crippen molar-refractivity contribution in [2.45, 2.75) is 37.8 Å². The molecular weight excluding hydrogens is 426 g/mol. The molecule has 2 atom stereocenters. The van der Waals surface area contributed by atoms with Crippen molar-refractivity contribution in [1.82, 2.24) is 14.8 Å². The summed E-state index contributed by atoms with van der Waals surface area (Å²) in [7, 11) is 0. The molecule has 4 rings (SSSR count). The second kappa shape index (κ2) is 7.80. The highest BCUT2D eigenvalue weighted by Gasteiger charge is 2.39. The molecule has 7 heteroatoms. The lowest BCUT2D eigenvalue weighted by atomic mass is 9.76. The van der Waals surface area contributed by atoms with Gasteiger partial charge in [0.05, 0.1) is 18.1 Å².